The van der Waals surface area contributed by atoms with E-state index in [4.69, 9.17) is 18.9 Å². The number of likely N-dealkylation sites (tertiary alicyclic amines) is 1. The van der Waals surface area contributed by atoms with Gasteiger partial charge in [0.1, 0.15) is 5.75 Å². The normalized spacial score (nSPS) is 17.1. The first-order valence-electron chi connectivity index (χ1n) is 11.2. The van der Waals surface area contributed by atoms with Crippen molar-refractivity contribution in [1.29, 1.82) is 0 Å². The Morgan fingerprint density at radius 1 is 0.971 bits per heavy atom. The van der Waals surface area contributed by atoms with Crippen molar-refractivity contribution < 1.29 is 38.5 Å². The summed E-state index contributed by atoms with van der Waals surface area (Å²) in [4.78, 5) is 29.0. The van der Waals surface area contributed by atoms with Gasteiger partial charge in [-0.15, -0.1) is 0 Å². The van der Waals surface area contributed by atoms with Gasteiger partial charge in [-0.05, 0) is 47.9 Å². The lowest BCUT2D eigenvalue weighted by Gasteiger charge is -2.29. The number of aryl methyl sites for hydroxylation is 1. The molecule has 1 unspecified atom stereocenters. The number of Topliss-reactive ketones (excluding diaryl/α,β-unsaturated/α-hetero) is 1. The van der Waals surface area contributed by atoms with Crippen LogP contribution in [0, 0.1) is 6.92 Å². The van der Waals surface area contributed by atoms with Gasteiger partial charge in [0.2, 0.25) is 11.5 Å². The molecule has 1 saturated heterocycles. The van der Waals surface area contributed by atoms with Gasteiger partial charge < -0.3 is 33.9 Å². The Bertz CT molecular complexity index is 1130. The maximum absolute atomic E-state index is 13.8. The van der Waals surface area contributed by atoms with Gasteiger partial charge in [0.05, 0.1) is 61.7 Å². The van der Waals surface area contributed by atoms with E-state index >= 15 is 0 Å². The van der Waals surface area contributed by atoms with Crippen LogP contribution in [-0.2, 0) is 9.59 Å². The number of nitrogens with zero attached hydrogens (tertiary/aromatic N) is 1. The Kier molecular flexibility index (Phi) is 7.91. The molecule has 1 aliphatic heterocycles. The highest BCUT2D eigenvalue weighted by Crippen LogP contribution is 2.45. The Morgan fingerprint density at radius 2 is 1.60 bits per heavy atom. The Morgan fingerprint density at radius 3 is 2.09 bits per heavy atom. The van der Waals surface area contributed by atoms with Crippen molar-refractivity contribution in [2.45, 2.75) is 13.0 Å². The molecule has 0 spiro atoms. The highest BCUT2D eigenvalue weighted by molar-refractivity contribution is 6.46. The minimum Gasteiger partial charge on any atom is -0.872 e. The van der Waals surface area contributed by atoms with E-state index in [0.717, 1.165) is 4.90 Å². The first-order chi connectivity index (χ1) is 16.7. The van der Waals surface area contributed by atoms with Crippen molar-refractivity contribution in [2.24, 2.45) is 0 Å². The number of carbonyl (C=O) groups is 2. The smallest absolute Gasteiger partial charge is 0.295 e. The fraction of sp³-hybridized carbons (Fsp3) is 0.385. The third-order valence-electron chi connectivity index (χ3n) is 6.06. The second kappa shape index (κ2) is 10.7. The van der Waals surface area contributed by atoms with Crippen molar-refractivity contribution >= 4 is 17.4 Å². The molecule has 0 saturated carbocycles. The van der Waals surface area contributed by atoms with E-state index < -0.39 is 23.5 Å². The highest BCUT2D eigenvalue weighted by Gasteiger charge is 2.45. The van der Waals surface area contributed by atoms with Crippen LogP contribution in [-0.4, -0.2) is 72.2 Å². The number of likely N-dealkylation sites (N-methyl/N-ethyl adjacent to an activating group) is 1. The number of ketones is 1. The molecule has 188 valence electrons. The van der Waals surface area contributed by atoms with Crippen molar-refractivity contribution in [3.63, 3.8) is 0 Å². The van der Waals surface area contributed by atoms with E-state index in [1.165, 1.54) is 33.3 Å². The Balaban J connectivity index is 2.27. The molecule has 1 N–H and O–H groups in total. The molecule has 0 radical (unpaired) electrons. The van der Waals surface area contributed by atoms with Crippen molar-refractivity contribution in [2.75, 3.05) is 55.6 Å². The summed E-state index contributed by atoms with van der Waals surface area (Å²) >= 11 is 0. The zero-order chi connectivity index (χ0) is 25.9. The largest absolute Gasteiger partial charge is 0.872 e. The van der Waals surface area contributed by atoms with Gasteiger partial charge in [-0.1, -0.05) is 11.8 Å². The fourth-order valence-corrected chi connectivity index (χ4v) is 4.21. The average molecular weight is 485 g/mol. The second-order valence-electron chi connectivity index (χ2n) is 8.57. The molecule has 1 amide bonds. The lowest BCUT2D eigenvalue weighted by molar-refractivity contribution is -0.857. The molecular weight excluding hydrogens is 452 g/mol. The van der Waals surface area contributed by atoms with Crippen LogP contribution in [0.4, 0.5) is 0 Å². The van der Waals surface area contributed by atoms with Gasteiger partial charge in [-0.25, -0.2) is 0 Å². The number of methoxy groups -OCH3 is 4. The summed E-state index contributed by atoms with van der Waals surface area (Å²) in [6.45, 7) is 2.63. The van der Waals surface area contributed by atoms with Gasteiger partial charge in [-0.3, -0.25) is 9.59 Å². The summed E-state index contributed by atoms with van der Waals surface area (Å²) in [7, 11) is 9.89. The maximum Gasteiger partial charge on any atom is 0.295 e. The van der Waals surface area contributed by atoms with E-state index in [0.29, 0.717) is 46.2 Å². The molecule has 0 aromatic heterocycles. The Hall–Kier alpha value is -3.72. The zero-order valence-electron chi connectivity index (χ0n) is 21.2. The summed E-state index contributed by atoms with van der Waals surface area (Å²) in [5.41, 5.74) is 1.38. The van der Waals surface area contributed by atoms with Crippen molar-refractivity contribution in [3.05, 3.63) is 52.6 Å². The predicted octanol–water partition coefficient (Wildman–Crippen LogP) is 0.398. The van der Waals surface area contributed by atoms with Crippen LogP contribution >= 0.6 is 0 Å². The third-order valence-corrected chi connectivity index (χ3v) is 6.06. The van der Waals surface area contributed by atoms with Gasteiger partial charge >= 0.3 is 0 Å². The van der Waals surface area contributed by atoms with E-state index in [-0.39, 0.29) is 12.1 Å². The number of hydrogen-bond acceptors (Lipinski definition) is 7. The number of benzene rings is 2. The molecular formula is C26H32N2O7. The topological polar surface area (TPSA) is 102 Å². The fourth-order valence-electron chi connectivity index (χ4n) is 4.21. The molecule has 1 atom stereocenters. The summed E-state index contributed by atoms with van der Waals surface area (Å²) in [5.74, 6) is -0.329. The molecule has 3 rings (SSSR count). The molecule has 0 aliphatic carbocycles. The third kappa shape index (κ3) is 4.90. The molecule has 0 bridgehead atoms. The summed E-state index contributed by atoms with van der Waals surface area (Å²) in [6, 6.07) is 7.42. The van der Waals surface area contributed by atoms with Crippen LogP contribution in [0.25, 0.3) is 5.76 Å². The number of hydrogen-bond donors (Lipinski definition) is 1. The molecule has 2 aromatic rings. The van der Waals surface area contributed by atoms with Gasteiger partial charge in [0, 0.05) is 5.57 Å². The van der Waals surface area contributed by atoms with Crippen LogP contribution in [0.2, 0.25) is 0 Å². The van der Waals surface area contributed by atoms with Gasteiger partial charge in [-0.2, -0.15) is 0 Å². The lowest BCUT2D eigenvalue weighted by atomic mass is 9.93. The molecule has 9 heteroatoms. The summed E-state index contributed by atoms with van der Waals surface area (Å²) in [6.07, 6.45) is 0. The van der Waals surface area contributed by atoms with Gasteiger partial charge in [0.25, 0.3) is 5.91 Å². The first kappa shape index (κ1) is 25.9. The van der Waals surface area contributed by atoms with E-state index in [9.17, 15) is 14.7 Å². The Labute approximate surface area is 205 Å². The highest BCUT2D eigenvalue weighted by atomic mass is 16.5. The number of ether oxygens (including phenoxy) is 4. The molecule has 2 aromatic carbocycles. The zero-order valence-corrected chi connectivity index (χ0v) is 21.2. The van der Waals surface area contributed by atoms with Crippen LogP contribution in [0.5, 0.6) is 23.0 Å². The molecule has 9 nitrogen and oxygen atoms in total. The van der Waals surface area contributed by atoms with Crippen LogP contribution in [0.3, 0.4) is 0 Å². The minimum atomic E-state index is -0.906. The lowest BCUT2D eigenvalue weighted by Crippen LogP contribution is -3.06. The number of carbonyl (C=O) groups excluding carboxylic acids is 2. The second-order valence-corrected chi connectivity index (χ2v) is 8.57. The summed E-state index contributed by atoms with van der Waals surface area (Å²) in [5, 5.41) is 13.8. The molecule has 1 aliphatic rings. The van der Waals surface area contributed by atoms with Crippen molar-refractivity contribution in [1.82, 2.24) is 4.90 Å². The van der Waals surface area contributed by atoms with Crippen LogP contribution in [0.1, 0.15) is 22.7 Å². The van der Waals surface area contributed by atoms with Crippen molar-refractivity contribution in [3.8, 4) is 23.0 Å². The quantitative estimate of drug-likeness (QED) is 0.312. The summed E-state index contributed by atoms with van der Waals surface area (Å²) < 4.78 is 21.6. The number of nitrogens with one attached hydrogen (secondary N) is 1. The number of quaternary nitrogens is 1. The van der Waals surface area contributed by atoms with Gasteiger partial charge in [0.15, 0.2) is 11.5 Å². The number of rotatable bonds is 9. The van der Waals surface area contributed by atoms with E-state index in [1.54, 1.807) is 37.3 Å². The minimum absolute atomic E-state index is 0.105. The standard InChI is InChI=1S/C26H32N2O7/c1-15-12-17(32-4)8-9-18(15)23(29)21-22(28(11-10-27(2)3)26(31)24(21)30)16-13-19(33-5)25(35-7)20(14-16)34-6/h8-9,12-14,22,29H,10-11H2,1-7H3. The van der Waals surface area contributed by atoms with E-state index in [2.05, 4.69) is 0 Å². The molecule has 1 fully saturated rings. The number of amides is 1. The first-order valence-corrected chi connectivity index (χ1v) is 11.2. The van der Waals surface area contributed by atoms with Crippen LogP contribution < -0.4 is 29.0 Å². The maximum atomic E-state index is 13.8. The average Bonchev–Trinajstić information content (AvgIpc) is 3.10. The molecule has 1 heterocycles. The monoisotopic (exact) mass is 484 g/mol. The molecule has 35 heavy (non-hydrogen) atoms. The van der Waals surface area contributed by atoms with E-state index in [1.807, 2.05) is 14.1 Å². The van der Waals surface area contributed by atoms with Crippen LogP contribution in [0.15, 0.2) is 35.9 Å². The predicted molar refractivity (Wildman–Crippen MR) is 128 cm³/mol. The SMILES string of the molecule is COc1ccc(C([O-])=C2C(=O)C(=O)N(CC[NH+](C)C)C2c2cc(OC)c(OC)c(OC)c2)c(C)c1.